The number of aromatic amines is 1. The van der Waals surface area contributed by atoms with Crippen molar-refractivity contribution in [3.05, 3.63) is 59.4 Å². The molecule has 0 radical (unpaired) electrons. The van der Waals surface area contributed by atoms with Crippen LogP contribution in [0.2, 0.25) is 5.02 Å². The highest BCUT2D eigenvalue weighted by Gasteiger charge is 2.30. The van der Waals surface area contributed by atoms with Crippen molar-refractivity contribution >= 4 is 46.8 Å². The van der Waals surface area contributed by atoms with E-state index >= 15 is 0 Å². The molecule has 1 aromatic heterocycles. The number of nitrogens with zero attached hydrogens (tertiary/aromatic N) is 2. The number of fused-ring (bicyclic) bond motifs is 1. The van der Waals surface area contributed by atoms with E-state index in [1.165, 1.54) is 0 Å². The van der Waals surface area contributed by atoms with Crippen molar-refractivity contribution in [3.8, 4) is 0 Å². The Kier molecular flexibility index (Phi) is 6.44. The summed E-state index contributed by atoms with van der Waals surface area (Å²) in [6.07, 6.45) is 1.71. The van der Waals surface area contributed by atoms with E-state index < -0.39 is 0 Å². The fourth-order valence-corrected chi connectivity index (χ4v) is 3.68. The average Bonchev–Trinajstić information content (AvgIpc) is 3.09. The van der Waals surface area contributed by atoms with Gasteiger partial charge in [0.1, 0.15) is 5.82 Å². The van der Waals surface area contributed by atoms with Crippen molar-refractivity contribution in [1.82, 2.24) is 20.2 Å². The Morgan fingerprint density at radius 1 is 1.21 bits per heavy atom. The summed E-state index contributed by atoms with van der Waals surface area (Å²) in [5, 5.41) is 6.59. The number of benzene rings is 2. The first-order valence-corrected chi connectivity index (χ1v) is 9.44. The van der Waals surface area contributed by atoms with Gasteiger partial charge >= 0.3 is 6.03 Å². The number of halogens is 2. The minimum Gasteiger partial charge on any atom is -0.341 e. The zero-order valence-corrected chi connectivity index (χ0v) is 17.1. The summed E-state index contributed by atoms with van der Waals surface area (Å²) in [4.78, 5) is 22.8. The van der Waals surface area contributed by atoms with Gasteiger partial charge in [0, 0.05) is 23.3 Å². The Balaban J connectivity index is 0.00000225. The molecule has 4 rings (SSSR count). The Hall–Kier alpha value is -2.28. The van der Waals surface area contributed by atoms with Gasteiger partial charge in [0.05, 0.1) is 17.1 Å². The van der Waals surface area contributed by atoms with Gasteiger partial charge in [-0.05, 0) is 56.3 Å². The number of imidazole rings is 1. The minimum absolute atomic E-state index is 0. The van der Waals surface area contributed by atoms with Gasteiger partial charge in [-0.3, -0.25) is 4.90 Å². The van der Waals surface area contributed by atoms with Crippen molar-refractivity contribution in [2.75, 3.05) is 18.9 Å². The monoisotopic (exact) mass is 419 g/mol. The molecule has 0 aliphatic carbocycles. The maximum atomic E-state index is 12.3. The van der Waals surface area contributed by atoms with Crippen molar-refractivity contribution in [1.29, 1.82) is 0 Å². The third-order valence-electron chi connectivity index (χ3n) is 5.03. The predicted molar refractivity (Wildman–Crippen MR) is 115 cm³/mol. The van der Waals surface area contributed by atoms with Gasteiger partial charge < -0.3 is 15.6 Å². The van der Waals surface area contributed by atoms with E-state index in [1.54, 1.807) is 24.3 Å². The number of rotatable bonds is 3. The third-order valence-corrected chi connectivity index (χ3v) is 5.28. The smallest absolute Gasteiger partial charge is 0.319 e. The molecule has 3 N–H and O–H groups in total. The Morgan fingerprint density at radius 2 is 1.96 bits per heavy atom. The van der Waals surface area contributed by atoms with Crippen LogP contribution in [0, 0.1) is 0 Å². The number of amides is 2. The van der Waals surface area contributed by atoms with E-state index in [4.69, 9.17) is 16.6 Å². The molecule has 28 heavy (non-hydrogen) atoms. The zero-order chi connectivity index (χ0) is 18.8. The van der Waals surface area contributed by atoms with Gasteiger partial charge in [0.25, 0.3) is 0 Å². The number of aromatic nitrogens is 2. The maximum absolute atomic E-state index is 12.3. The molecule has 2 atom stereocenters. The molecular weight excluding hydrogens is 397 g/mol. The maximum Gasteiger partial charge on any atom is 0.319 e. The van der Waals surface area contributed by atoms with Crippen LogP contribution < -0.4 is 10.6 Å². The molecule has 2 aromatic carbocycles. The summed E-state index contributed by atoms with van der Waals surface area (Å²) in [5.74, 6) is 0.948. The van der Waals surface area contributed by atoms with Crippen molar-refractivity contribution < 1.29 is 4.79 Å². The lowest BCUT2D eigenvalue weighted by Crippen LogP contribution is -2.46. The highest BCUT2D eigenvalue weighted by molar-refractivity contribution is 6.30. The van der Waals surface area contributed by atoms with Crippen molar-refractivity contribution in [2.24, 2.45) is 0 Å². The van der Waals surface area contributed by atoms with Crippen LogP contribution in [0.25, 0.3) is 11.0 Å². The van der Waals surface area contributed by atoms with E-state index in [2.05, 4.69) is 27.6 Å². The first-order chi connectivity index (χ1) is 13.1. The Morgan fingerprint density at radius 3 is 2.71 bits per heavy atom. The Labute approximate surface area is 175 Å². The summed E-state index contributed by atoms with van der Waals surface area (Å²) in [6, 6.07) is 15.1. The molecule has 0 spiro atoms. The average molecular weight is 420 g/mol. The number of anilines is 1. The summed E-state index contributed by atoms with van der Waals surface area (Å²) < 4.78 is 0. The Bertz CT molecular complexity index is 910. The summed E-state index contributed by atoms with van der Waals surface area (Å²) in [7, 11) is 2.10. The van der Waals surface area contributed by atoms with E-state index in [0.717, 1.165) is 41.9 Å². The van der Waals surface area contributed by atoms with E-state index in [1.807, 2.05) is 24.3 Å². The number of carbonyl (C=O) groups excluding carboxylic acids is 1. The number of hydrogen-bond donors (Lipinski definition) is 3. The van der Waals surface area contributed by atoms with Crippen LogP contribution in [0.15, 0.2) is 48.5 Å². The van der Waals surface area contributed by atoms with Gasteiger partial charge in [-0.15, -0.1) is 12.4 Å². The van der Waals surface area contributed by atoms with Crippen LogP contribution in [0.4, 0.5) is 10.5 Å². The second-order valence-corrected chi connectivity index (χ2v) is 7.40. The number of hydrogen-bond acceptors (Lipinski definition) is 3. The predicted octanol–water partition coefficient (Wildman–Crippen LogP) is 4.60. The minimum atomic E-state index is -0.199. The van der Waals surface area contributed by atoms with E-state index in [-0.39, 0.29) is 30.5 Å². The lowest BCUT2D eigenvalue weighted by Gasteiger charge is -2.36. The molecule has 2 amide bonds. The molecule has 1 fully saturated rings. The molecule has 6 nitrogen and oxygen atoms in total. The third kappa shape index (κ3) is 4.58. The molecule has 1 aliphatic rings. The van der Waals surface area contributed by atoms with Crippen LogP contribution in [0.5, 0.6) is 0 Å². The fraction of sp³-hybridized carbons (Fsp3) is 0.300. The largest absolute Gasteiger partial charge is 0.341 e. The lowest BCUT2D eigenvalue weighted by atomic mass is 9.97. The molecule has 3 aromatic rings. The van der Waals surface area contributed by atoms with Crippen LogP contribution >= 0.6 is 24.0 Å². The van der Waals surface area contributed by atoms with Crippen LogP contribution in [-0.2, 0) is 0 Å². The van der Waals surface area contributed by atoms with Gasteiger partial charge in [-0.25, -0.2) is 9.78 Å². The van der Waals surface area contributed by atoms with Crippen LogP contribution in [-0.4, -0.2) is 40.5 Å². The highest BCUT2D eigenvalue weighted by Crippen LogP contribution is 2.29. The first-order valence-electron chi connectivity index (χ1n) is 9.06. The molecule has 1 aliphatic heterocycles. The number of H-pyrrole nitrogens is 1. The normalized spacial score (nSPS) is 19.8. The molecule has 8 heteroatoms. The van der Waals surface area contributed by atoms with E-state index in [9.17, 15) is 4.79 Å². The van der Waals surface area contributed by atoms with Gasteiger partial charge in [-0.1, -0.05) is 23.7 Å². The molecule has 0 bridgehead atoms. The quantitative estimate of drug-likeness (QED) is 0.580. The molecule has 2 heterocycles. The second-order valence-electron chi connectivity index (χ2n) is 6.96. The first kappa shape index (κ1) is 20.5. The number of piperidine rings is 1. The van der Waals surface area contributed by atoms with Gasteiger partial charge in [-0.2, -0.15) is 0 Å². The summed E-state index contributed by atoms with van der Waals surface area (Å²) in [6.45, 7) is 0.896. The SMILES string of the molecule is CN1CC[C@@H](NC(=O)Nc2ccc(Cl)cc2)C[C@@H]1c1nc2ccccc2[nH]1.Cl. The molecule has 0 saturated carbocycles. The summed E-state index contributed by atoms with van der Waals surface area (Å²) >= 11 is 5.88. The zero-order valence-electron chi connectivity index (χ0n) is 15.5. The molecule has 0 unspecified atom stereocenters. The van der Waals surface area contributed by atoms with Crippen molar-refractivity contribution in [2.45, 2.75) is 24.9 Å². The van der Waals surface area contributed by atoms with Crippen LogP contribution in [0.1, 0.15) is 24.7 Å². The standard InChI is InChI=1S/C20H22ClN5O.ClH/c1-26-11-10-15(23-20(27)22-14-8-6-13(21)7-9-14)12-18(26)19-24-16-4-2-3-5-17(16)25-19;/h2-9,15,18H,10-12H2,1H3,(H,24,25)(H2,22,23,27);1H/t15-,18-;/m1./s1. The number of carbonyl (C=O) groups is 1. The highest BCUT2D eigenvalue weighted by atomic mass is 35.5. The number of urea groups is 1. The fourth-order valence-electron chi connectivity index (χ4n) is 3.55. The van der Waals surface area contributed by atoms with E-state index in [0.29, 0.717) is 5.02 Å². The number of likely N-dealkylation sites (tertiary alicyclic amines) is 1. The second kappa shape index (κ2) is 8.82. The van der Waals surface area contributed by atoms with Gasteiger partial charge in [0.15, 0.2) is 0 Å². The summed E-state index contributed by atoms with van der Waals surface area (Å²) in [5.41, 5.74) is 2.73. The van der Waals surface area contributed by atoms with Gasteiger partial charge in [0.2, 0.25) is 0 Å². The lowest BCUT2D eigenvalue weighted by molar-refractivity contribution is 0.153. The molecular formula is C20H23Cl2N5O. The molecule has 148 valence electrons. The van der Waals surface area contributed by atoms with Crippen molar-refractivity contribution in [3.63, 3.8) is 0 Å². The topological polar surface area (TPSA) is 73.1 Å². The number of para-hydroxylation sites is 2. The van der Waals surface area contributed by atoms with Crippen LogP contribution in [0.3, 0.4) is 0 Å². The number of nitrogens with one attached hydrogen (secondary N) is 3. The molecule has 1 saturated heterocycles.